The highest BCUT2D eigenvalue weighted by Crippen LogP contribution is 2.17. The molecule has 0 aliphatic rings. The van der Waals surface area contributed by atoms with Gasteiger partial charge in [0.1, 0.15) is 17.8 Å². The van der Waals surface area contributed by atoms with E-state index in [0.29, 0.717) is 17.1 Å². The van der Waals surface area contributed by atoms with Crippen LogP contribution >= 0.6 is 0 Å². The zero-order valence-corrected chi connectivity index (χ0v) is 13.5. The van der Waals surface area contributed by atoms with Crippen LogP contribution in [0.1, 0.15) is 21.6 Å². The molecule has 0 fully saturated rings. The maximum Gasteiger partial charge on any atom is 0.274 e. The second-order valence-corrected chi connectivity index (χ2v) is 5.43. The Labute approximate surface area is 145 Å². The van der Waals surface area contributed by atoms with Gasteiger partial charge in [0, 0.05) is 17.4 Å². The molecule has 0 radical (unpaired) electrons. The molecule has 0 spiro atoms. The fraction of sp³-hybridized carbons (Fsp3) is 0.0526. The molecule has 1 amide bonds. The van der Waals surface area contributed by atoms with Crippen LogP contribution in [0.4, 0.5) is 17.2 Å². The lowest BCUT2D eigenvalue weighted by Gasteiger charge is -2.08. The van der Waals surface area contributed by atoms with E-state index in [0.717, 1.165) is 11.3 Å². The van der Waals surface area contributed by atoms with Gasteiger partial charge in [-0.05, 0) is 42.8 Å². The van der Waals surface area contributed by atoms with Gasteiger partial charge in [0.2, 0.25) is 0 Å². The molecule has 2 N–H and O–H groups in total. The number of carbonyl (C=O) groups excluding carboxylic acids is 1. The van der Waals surface area contributed by atoms with Gasteiger partial charge in [0.15, 0.2) is 0 Å². The van der Waals surface area contributed by atoms with Gasteiger partial charge in [0.25, 0.3) is 5.91 Å². The minimum atomic E-state index is -0.371. The van der Waals surface area contributed by atoms with Gasteiger partial charge in [0.05, 0.1) is 11.6 Å². The topological polar surface area (TPSA) is 90.7 Å². The van der Waals surface area contributed by atoms with Gasteiger partial charge in [-0.15, -0.1) is 0 Å². The van der Waals surface area contributed by atoms with Crippen molar-refractivity contribution in [1.29, 1.82) is 5.26 Å². The van der Waals surface area contributed by atoms with Crippen LogP contribution in [0.25, 0.3) is 0 Å². The van der Waals surface area contributed by atoms with E-state index >= 15 is 0 Å². The Balaban J connectivity index is 1.76. The van der Waals surface area contributed by atoms with Crippen molar-refractivity contribution in [2.75, 3.05) is 10.6 Å². The highest BCUT2D eigenvalue weighted by molar-refractivity contribution is 6.03. The molecule has 0 aliphatic carbocycles. The van der Waals surface area contributed by atoms with Crippen LogP contribution in [-0.2, 0) is 0 Å². The van der Waals surface area contributed by atoms with E-state index in [-0.39, 0.29) is 11.6 Å². The van der Waals surface area contributed by atoms with E-state index in [1.165, 1.54) is 6.33 Å². The van der Waals surface area contributed by atoms with Gasteiger partial charge >= 0.3 is 0 Å². The monoisotopic (exact) mass is 329 g/mol. The molecule has 0 aliphatic heterocycles. The molecule has 122 valence electrons. The summed E-state index contributed by atoms with van der Waals surface area (Å²) in [7, 11) is 0. The van der Waals surface area contributed by atoms with Crippen LogP contribution < -0.4 is 10.6 Å². The van der Waals surface area contributed by atoms with Gasteiger partial charge in [-0.25, -0.2) is 9.97 Å². The molecule has 3 rings (SSSR count). The molecule has 0 unspecified atom stereocenters. The van der Waals surface area contributed by atoms with Crippen LogP contribution in [0, 0.1) is 18.3 Å². The molecule has 25 heavy (non-hydrogen) atoms. The smallest absolute Gasteiger partial charge is 0.274 e. The highest BCUT2D eigenvalue weighted by atomic mass is 16.1. The summed E-state index contributed by atoms with van der Waals surface area (Å²) in [6.45, 7) is 2.00. The first-order valence-electron chi connectivity index (χ1n) is 7.61. The van der Waals surface area contributed by atoms with E-state index in [2.05, 4.69) is 20.6 Å². The first kappa shape index (κ1) is 16.1. The molecule has 1 aromatic heterocycles. The molecule has 6 heteroatoms. The Morgan fingerprint density at radius 2 is 1.84 bits per heavy atom. The summed E-state index contributed by atoms with van der Waals surface area (Å²) in [4.78, 5) is 20.5. The second kappa shape index (κ2) is 7.23. The number of benzene rings is 2. The molecule has 3 aromatic rings. The van der Waals surface area contributed by atoms with Crippen molar-refractivity contribution in [3.05, 3.63) is 77.7 Å². The Morgan fingerprint density at radius 3 is 2.64 bits per heavy atom. The van der Waals surface area contributed by atoms with Crippen molar-refractivity contribution in [2.45, 2.75) is 6.92 Å². The largest absolute Gasteiger partial charge is 0.340 e. The summed E-state index contributed by atoms with van der Waals surface area (Å²) < 4.78 is 0. The number of nitrogens with zero attached hydrogens (tertiary/aromatic N) is 3. The highest BCUT2D eigenvalue weighted by Gasteiger charge is 2.10. The number of carbonyl (C=O) groups is 1. The van der Waals surface area contributed by atoms with Crippen molar-refractivity contribution in [3.8, 4) is 6.07 Å². The number of nitriles is 1. The van der Waals surface area contributed by atoms with Crippen molar-refractivity contribution < 1.29 is 4.79 Å². The minimum Gasteiger partial charge on any atom is -0.340 e. The van der Waals surface area contributed by atoms with Crippen LogP contribution in [0.3, 0.4) is 0 Å². The first-order valence-corrected chi connectivity index (χ1v) is 7.61. The second-order valence-electron chi connectivity index (χ2n) is 5.43. The maximum atomic E-state index is 12.4. The van der Waals surface area contributed by atoms with Crippen LogP contribution in [-0.4, -0.2) is 15.9 Å². The molecular weight excluding hydrogens is 314 g/mol. The summed E-state index contributed by atoms with van der Waals surface area (Å²) in [5.41, 5.74) is 3.24. The first-order chi connectivity index (χ1) is 12.1. The Morgan fingerprint density at radius 1 is 1.04 bits per heavy atom. The lowest BCUT2D eigenvalue weighted by molar-refractivity contribution is 0.102. The third-order valence-electron chi connectivity index (χ3n) is 3.44. The number of hydrogen-bond acceptors (Lipinski definition) is 5. The minimum absolute atomic E-state index is 0.229. The third-order valence-corrected chi connectivity index (χ3v) is 3.44. The quantitative estimate of drug-likeness (QED) is 0.762. The molecule has 0 saturated heterocycles. The number of nitrogens with one attached hydrogen (secondary N) is 2. The predicted octanol–water partition coefficient (Wildman–Crippen LogP) is 3.65. The fourth-order valence-corrected chi connectivity index (χ4v) is 2.28. The predicted molar refractivity (Wildman–Crippen MR) is 95.6 cm³/mol. The molecule has 0 bridgehead atoms. The van der Waals surface area contributed by atoms with E-state index in [4.69, 9.17) is 5.26 Å². The van der Waals surface area contributed by atoms with Gasteiger partial charge in [-0.3, -0.25) is 4.79 Å². The zero-order valence-electron chi connectivity index (χ0n) is 13.5. The summed E-state index contributed by atoms with van der Waals surface area (Å²) in [5, 5.41) is 14.8. The average Bonchev–Trinajstić information content (AvgIpc) is 2.62. The van der Waals surface area contributed by atoms with Crippen LogP contribution in [0.5, 0.6) is 0 Å². The number of rotatable bonds is 4. The van der Waals surface area contributed by atoms with E-state index in [1.807, 2.05) is 37.3 Å². The van der Waals surface area contributed by atoms with Crippen molar-refractivity contribution in [2.24, 2.45) is 0 Å². The molecular formula is C19H15N5O. The Hall–Kier alpha value is -3.72. The van der Waals surface area contributed by atoms with Crippen molar-refractivity contribution in [1.82, 2.24) is 9.97 Å². The summed E-state index contributed by atoms with van der Waals surface area (Å²) in [6, 6.07) is 18.1. The number of anilines is 3. The summed E-state index contributed by atoms with van der Waals surface area (Å²) in [5.74, 6) is 0.154. The number of aryl methyl sites for hydroxylation is 1. The average molecular weight is 329 g/mol. The normalized spacial score (nSPS) is 9.92. The molecule has 0 atom stereocenters. The van der Waals surface area contributed by atoms with E-state index < -0.39 is 0 Å². The van der Waals surface area contributed by atoms with E-state index in [1.54, 1.807) is 30.3 Å². The SMILES string of the molecule is Cc1cccc(Nc2cc(C(=O)Nc3cccc(C#N)c3)ncn2)c1. The van der Waals surface area contributed by atoms with Gasteiger partial charge in [-0.1, -0.05) is 18.2 Å². The number of aromatic nitrogens is 2. The molecule has 6 nitrogen and oxygen atoms in total. The molecule has 0 saturated carbocycles. The Bertz CT molecular complexity index is 962. The number of amides is 1. The van der Waals surface area contributed by atoms with Gasteiger partial charge in [-0.2, -0.15) is 5.26 Å². The van der Waals surface area contributed by atoms with Gasteiger partial charge < -0.3 is 10.6 Å². The lowest BCUT2D eigenvalue weighted by Crippen LogP contribution is -2.14. The lowest BCUT2D eigenvalue weighted by atomic mass is 10.2. The number of hydrogen-bond donors (Lipinski definition) is 2. The van der Waals surface area contributed by atoms with Crippen molar-refractivity contribution in [3.63, 3.8) is 0 Å². The maximum absolute atomic E-state index is 12.4. The fourth-order valence-electron chi connectivity index (χ4n) is 2.28. The summed E-state index contributed by atoms with van der Waals surface area (Å²) >= 11 is 0. The zero-order chi connectivity index (χ0) is 17.6. The molecule has 1 heterocycles. The van der Waals surface area contributed by atoms with Crippen molar-refractivity contribution >= 4 is 23.1 Å². The third kappa shape index (κ3) is 4.18. The van der Waals surface area contributed by atoms with E-state index in [9.17, 15) is 4.79 Å². The Kier molecular flexibility index (Phi) is 4.67. The van der Waals surface area contributed by atoms with Crippen LogP contribution in [0.15, 0.2) is 60.9 Å². The summed E-state index contributed by atoms with van der Waals surface area (Å²) in [6.07, 6.45) is 1.33. The standard InChI is InChI=1S/C19H15N5O/c1-13-4-2-6-15(8-13)23-18-10-17(21-12-22-18)19(25)24-16-7-3-5-14(9-16)11-20/h2-10,12H,1H3,(H,24,25)(H,21,22,23). The molecule has 2 aromatic carbocycles. The van der Waals surface area contributed by atoms with Crippen LogP contribution in [0.2, 0.25) is 0 Å².